The topological polar surface area (TPSA) is 76.8 Å². The normalized spacial score (nSPS) is 17.2. The molecule has 0 saturated carbocycles. The van der Waals surface area contributed by atoms with Crippen LogP contribution < -0.4 is 10.6 Å². The van der Waals surface area contributed by atoms with Crippen molar-refractivity contribution >= 4 is 29.0 Å². The van der Waals surface area contributed by atoms with Crippen LogP contribution >= 0.6 is 11.6 Å². The SMILES string of the molecule is Cc1nn(Cc2ccccc2Cl)c(C)c1NC(=O)c1cc2n(n1)[C@@H](C(F)(F)F)C[C@@H](c1ccccc1)N2. The number of halogens is 4. The molecule has 2 aromatic heterocycles. The summed E-state index contributed by atoms with van der Waals surface area (Å²) < 4.78 is 44.5. The van der Waals surface area contributed by atoms with Gasteiger partial charge in [-0.15, -0.1) is 0 Å². The maximum atomic E-state index is 14.0. The first-order valence-corrected chi connectivity index (χ1v) is 12.1. The zero-order chi connectivity index (χ0) is 26.3. The molecule has 11 heteroatoms. The van der Waals surface area contributed by atoms with Crippen molar-refractivity contribution in [2.24, 2.45) is 0 Å². The zero-order valence-electron chi connectivity index (χ0n) is 20.1. The molecule has 0 bridgehead atoms. The molecule has 1 amide bonds. The van der Waals surface area contributed by atoms with Crippen LogP contribution in [0.4, 0.5) is 24.7 Å². The molecular formula is C26H24ClF3N6O. The van der Waals surface area contributed by atoms with Crippen LogP contribution in [0.1, 0.15) is 51.5 Å². The zero-order valence-corrected chi connectivity index (χ0v) is 20.8. The third-order valence-corrected chi connectivity index (χ3v) is 6.89. The number of aromatic nitrogens is 4. The summed E-state index contributed by atoms with van der Waals surface area (Å²) in [5.74, 6) is -0.486. The Morgan fingerprint density at radius 1 is 1.11 bits per heavy atom. The molecule has 0 spiro atoms. The summed E-state index contributed by atoms with van der Waals surface area (Å²) in [6, 6.07) is 15.2. The number of aryl methyl sites for hydroxylation is 1. The van der Waals surface area contributed by atoms with E-state index in [0.717, 1.165) is 15.8 Å². The van der Waals surface area contributed by atoms with E-state index in [2.05, 4.69) is 20.8 Å². The highest BCUT2D eigenvalue weighted by Gasteiger charge is 2.46. The van der Waals surface area contributed by atoms with Crippen molar-refractivity contribution in [2.75, 3.05) is 10.6 Å². The number of hydrogen-bond donors (Lipinski definition) is 2. The molecule has 1 aliphatic heterocycles. The molecule has 0 aliphatic carbocycles. The van der Waals surface area contributed by atoms with Gasteiger partial charge in [-0.2, -0.15) is 23.4 Å². The van der Waals surface area contributed by atoms with Crippen molar-refractivity contribution in [2.45, 2.75) is 45.1 Å². The van der Waals surface area contributed by atoms with Gasteiger partial charge in [-0.3, -0.25) is 9.48 Å². The summed E-state index contributed by atoms with van der Waals surface area (Å²) in [6.07, 6.45) is -4.77. The van der Waals surface area contributed by atoms with Gasteiger partial charge in [-0.1, -0.05) is 60.1 Å². The second kappa shape index (κ2) is 9.59. The van der Waals surface area contributed by atoms with Crippen LogP contribution in [0.5, 0.6) is 0 Å². The van der Waals surface area contributed by atoms with Crippen LogP contribution in [0.3, 0.4) is 0 Å². The van der Waals surface area contributed by atoms with Gasteiger partial charge < -0.3 is 10.6 Å². The fourth-order valence-electron chi connectivity index (χ4n) is 4.59. The number of nitrogens with one attached hydrogen (secondary N) is 2. The van der Waals surface area contributed by atoms with E-state index in [0.29, 0.717) is 28.6 Å². The highest BCUT2D eigenvalue weighted by molar-refractivity contribution is 6.31. The van der Waals surface area contributed by atoms with Crippen molar-refractivity contribution in [3.8, 4) is 0 Å². The van der Waals surface area contributed by atoms with Crippen LogP contribution in [-0.4, -0.2) is 31.6 Å². The number of amides is 1. The van der Waals surface area contributed by atoms with Crippen LogP contribution in [0.15, 0.2) is 60.7 Å². The Kier molecular flexibility index (Phi) is 6.45. The smallest absolute Gasteiger partial charge is 0.363 e. The molecule has 0 unspecified atom stereocenters. The Bertz CT molecular complexity index is 1450. The van der Waals surface area contributed by atoms with Gasteiger partial charge in [0.25, 0.3) is 5.91 Å². The lowest BCUT2D eigenvalue weighted by atomic mass is 9.97. The van der Waals surface area contributed by atoms with Gasteiger partial charge in [0, 0.05) is 17.5 Å². The molecule has 2 aromatic carbocycles. The first-order valence-electron chi connectivity index (χ1n) is 11.7. The predicted molar refractivity (Wildman–Crippen MR) is 135 cm³/mol. The van der Waals surface area contributed by atoms with Gasteiger partial charge in [0.1, 0.15) is 5.82 Å². The fourth-order valence-corrected chi connectivity index (χ4v) is 4.78. The largest absolute Gasteiger partial charge is 0.410 e. The lowest BCUT2D eigenvalue weighted by Gasteiger charge is -2.33. The Morgan fingerprint density at radius 3 is 2.51 bits per heavy atom. The molecule has 4 aromatic rings. The highest BCUT2D eigenvalue weighted by atomic mass is 35.5. The lowest BCUT2D eigenvalue weighted by molar-refractivity contribution is -0.173. The van der Waals surface area contributed by atoms with Gasteiger partial charge in [-0.25, -0.2) is 4.68 Å². The van der Waals surface area contributed by atoms with Gasteiger partial charge in [0.05, 0.1) is 29.7 Å². The van der Waals surface area contributed by atoms with E-state index in [-0.39, 0.29) is 17.9 Å². The molecular weight excluding hydrogens is 505 g/mol. The highest BCUT2D eigenvalue weighted by Crippen LogP contribution is 2.43. The monoisotopic (exact) mass is 528 g/mol. The minimum atomic E-state index is -4.53. The average molecular weight is 529 g/mol. The number of carbonyl (C=O) groups excluding carboxylic acids is 1. The molecule has 3 heterocycles. The summed E-state index contributed by atoms with van der Waals surface area (Å²) in [4.78, 5) is 13.1. The molecule has 192 valence electrons. The maximum Gasteiger partial charge on any atom is 0.410 e. The predicted octanol–water partition coefficient (Wildman–Crippen LogP) is 6.31. The second-order valence-corrected chi connectivity index (χ2v) is 9.42. The molecule has 2 N–H and O–H groups in total. The average Bonchev–Trinajstić information content (AvgIpc) is 3.41. The van der Waals surface area contributed by atoms with E-state index in [1.165, 1.54) is 6.07 Å². The fraction of sp³-hybridized carbons (Fsp3) is 0.269. The summed E-state index contributed by atoms with van der Waals surface area (Å²) >= 11 is 6.27. The molecule has 1 aliphatic rings. The van der Waals surface area contributed by atoms with E-state index in [4.69, 9.17) is 11.6 Å². The Labute approximate surface area is 216 Å². The number of anilines is 2. The van der Waals surface area contributed by atoms with Gasteiger partial charge >= 0.3 is 6.18 Å². The number of benzene rings is 2. The van der Waals surface area contributed by atoms with Crippen molar-refractivity contribution in [1.82, 2.24) is 19.6 Å². The molecule has 7 nitrogen and oxygen atoms in total. The maximum absolute atomic E-state index is 14.0. The third-order valence-electron chi connectivity index (χ3n) is 6.52. The standard InChI is InChI=1S/C26H24ClF3N6O/c1-15-24(16(2)35(33-15)14-18-10-6-7-11-19(18)27)32-25(37)21-13-23-31-20(17-8-4-3-5-9-17)12-22(26(28,29)30)36(23)34-21/h3-11,13,20,22,31H,12,14H2,1-2H3,(H,32,37)/t20-,22+/m0/s1. The van der Waals surface area contributed by atoms with E-state index in [9.17, 15) is 18.0 Å². The van der Waals surface area contributed by atoms with Gasteiger partial charge in [0.2, 0.25) is 0 Å². The Morgan fingerprint density at radius 2 is 1.81 bits per heavy atom. The molecule has 37 heavy (non-hydrogen) atoms. The molecule has 5 rings (SSSR count). The third kappa shape index (κ3) is 4.93. The summed E-state index contributed by atoms with van der Waals surface area (Å²) in [6.45, 7) is 3.95. The van der Waals surface area contributed by atoms with E-state index in [1.54, 1.807) is 54.9 Å². The van der Waals surface area contributed by atoms with Crippen LogP contribution in [-0.2, 0) is 6.54 Å². The number of nitrogens with zero attached hydrogens (tertiary/aromatic N) is 4. The number of fused-ring (bicyclic) bond motifs is 1. The van der Waals surface area contributed by atoms with Gasteiger partial charge in [-0.05, 0) is 31.0 Å². The summed E-state index contributed by atoms with van der Waals surface area (Å²) in [7, 11) is 0. The number of hydrogen-bond acceptors (Lipinski definition) is 4. The molecule has 0 radical (unpaired) electrons. The first-order chi connectivity index (χ1) is 17.6. The Balaban J connectivity index is 1.40. The quantitative estimate of drug-likeness (QED) is 0.318. The van der Waals surface area contributed by atoms with Crippen molar-refractivity contribution in [3.05, 3.63) is 93.9 Å². The van der Waals surface area contributed by atoms with E-state index >= 15 is 0 Å². The minimum absolute atomic E-state index is 0.122. The van der Waals surface area contributed by atoms with Crippen molar-refractivity contribution in [1.29, 1.82) is 0 Å². The first kappa shape index (κ1) is 24.9. The van der Waals surface area contributed by atoms with Crippen molar-refractivity contribution < 1.29 is 18.0 Å². The molecule has 0 fully saturated rings. The molecule has 0 saturated heterocycles. The van der Waals surface area contributed by atoms with Crippen LogP contribution in [0, 0.1) is 13.8 Å². The summed E-state index contributed by atoms with van der Waals surface area (Å²) in [5.41, 5.74) is 3.20. The van der Waals surface area contributed by atoms with Crippen LogP contribution in [0.2, 0.25) is 5.02 Å². The molecule has 2 atom stereocenters. The summed E-state index contributed by atoms with van der Waals surface area (Å²) in [5, 5.41) is 15.0. The lowest BCUT2D eigenvalue weighted by Crippen LogP contribution is -2.35. The van der Waals surface area contributed by atoms with Crippen LogP contribution in [0.25, 0.3) is 0 Å². The van der Waals surface area contributed by atoms with E-state index in [1.807, 2.05) is 18.2 Å². The number of rotatable bonds is 5. The minimum Gasteiger partial charge on any atom is -0.363 e. The second-order valence-electron chi connectivity index (χ2n) is 9.01. The van der Waals surface area contributed by atoms with Crippen molar-refractivity contribution in [3.63, 3.8) is 0 Å². The van der Waals surface area contributed by atoms with E-state index < -0.39 is 24.2 Å². The Hall–Kier alpha value is -3.79. The number of carbonyl (C=O) groups is 1. The van der Waals surface area contributed by atoms with Gasteiger partial charge in [0.15, 0.2) is 11.7 Å². The number of alkyl halides is 3.